The average Bonchev–Trinajstić information content (AvgIpc) is 2.69. The topological polar surface area (TPSA) is 37.8 Å². The molecule has 4 aromatic rings. The molecular weight excluding hydrogens is 306 g/mol. The lowest BCUT2D eigenvalue weighted by Gasteiger charge is -2.12. The Morgan fingerprint density at radius 1 is 0.720 bits per heavy atom. The molecule has 122 valence electrons. The summed E-state index contributed by atoms with van der Waals surface area (Å²) in [6, 6.07) is 22.7. The van der Waals surface area contributed by atoms with Crippen LogP contribution in [0.3, 0.4) is 0 Å². The number of fused-ring (bicyclic) bond motifs is 1. The minimum atomic E-state index is 0.895. The Morgan fingerprint density at radius 3 is 2.32 bits per heavy atom. The second-order valence-corrected chi connectivity index (χ2v) is 6.03. The van der Waals surface area contributed by atoms with Gasteiger partial charge in [0.05, 0.1) is 0 Å². The van der Waals surface area contributed by atoms with Crippen molar-refractivity contribution in [3.05, 3.63) is 96.4 Å². The van der Waals surface area contributed by atoms with Crippen LogP contribution in [0.1, 0.15) is 11.1 Å². The van der Waals surface area contributed by atoms with Gasteiger partial charge in [0.15, 0.2) is 0 Å². The fourth-order valence-corrected chi connectivity index (χ4v) is 3.03. The highest BCUT2D eigenvalue weighted by Crippen LogP contribution is 2.27. The molecule has 0 unspecified atom stereocenters. The standard InChI is InChI=1S/C22H19N3/c1-2-8-19(9-3-1)25-22-21-11-5-4-10-20(21)18(16-24-22)13-12-17-7-6-14-23-15-17/h1-11,14-16H,12-13H2,(H,24,25). The van der Waals surface area contributed by atoms with Crippen molar-refractivity contribution in [2.75, 3.05) is 5.32 Å². The molecule has 0 atom stereocenters. The number of anilines is 2. The van der Waals surface area contributed by atoms with Gasteiger partial charge in [-0.25, -0.2) is 4.98 Å². The molecule has 0 spiro atoms. The van der Waals surface area contributed by atoms with E-state index in [1.165, 1.54) is 16.5 Å². The van der Waals surface area contributed by atoms with Crippen LogP contribution in [0.25, 0.3) is 10.8 Å². The molecule has 0 aliphatic carbocycles. The van der Waals surface area contributed by atoms with Crippen molar-refractivity contribution in [1.82, 2.24) is 9.97 Å². The van der Waals surface area contributed by atoms with Crippen LogP contribution in [0.4, 0.5) is 11.5 Å². The summed E-state index contributed by atoms with van der Waals surface area (Å²) in [5.74, 6) is 0.895. The van der Waals surface area contributed by atoms with Gasteiger partial charge in [-0.2, -0.15) is 0 Å². The van der Waals surface area contributed by atoms with Gasteiger partial charge in [-0.3, -0.25) is 4.98 Å². The molecule has 0 amide bonds. The maximum atomic E-state index is 4.69. The number of nitrogens with zero attached hydrogens (tertiary/aromatic N) is 2. The van der Waals surface area contributed by atoms with Crippen LogP contribution in [-0.4, -0.2) is 9.97 Å². The van der Waals surface area contributed by atoms with Crippen molar-refractivity contribution >= 4 is 22.3 Å². The zero-order valence-electron chi connectivity index (χ0n) is 13.9. The number of para-hydroxylation sites is 1. The Kier molecular flexibility index (Phi) is 4.38. The van der Waals surface area contributed by atoms with Gasteiger partial charge in [-0.1, -0.05) is 48.5 Å². The normalized spacial score (nSPS) is 10.7. The van der Waals surface area contributed by atoms with E-state index in [9.17, 15) is 0 Å². The zero-order valence-corrected chi connectivity index (χ0v) is 13.9. The van der Waals surface area contributed by atoms with E-state index in [0.29, 0.717) is 0 Å². The van der Waals surface area contributed by atoms with Crippen LogP contribution in [-0.2, 0) is 12.8 Å². The first kappa shape index (κ1) is 15.3. The lowest BCUT2D eigenvalue weighted by molar-refractivity contribution is 0.951. The van der Waals surface area contributed by atoms with Crippen LogP contribution in [0.5, 0.6) is 0 Å². The molecule has 0 aliphatic heterocycles. The minimum absolute atomic E-state index is 0.895. The maximum absolute atomic E-state index is 4.69. The van der Waals surface area contributed by atoms with E-state index in [4.69, 9.17) is 0 Å². The number of aryl methyl sites for hydroxylation is 2. The molecule has 25 heavy (non-hydrogen) atoms. The van der Waals surface area contributed by atoms with Gasteiger partial charge < -0.3 is 5.32 Å². The Bertz CT molecular complexity index is 966. The Morgan fingerprint density at radius 2 is 1.52 bits per heavy atom. The first-order valence-electron chi connectivity index (χ1n) is 8.48. The van der Waals surface area contributed by atoms with Gasteiger partial charge >= 0.3 is 0 Å². The molecule has 1 N–H and O–H groups in total. The summed E-state index contributed by atoms with van der Waals surface area (Å²) < 4.78 is 0. The average molecular weight is 325 g/mol. The molecule has 3 heteroatoms. The van der Waals surface area contributed by atoms with Gasteiger partial charge in [0.2, 0.25) is 0 Å². The molecule has 4 rings (SSSR count). The first-order chi connectivity index (χ1) is 12.4. The predicted molar refractivity (Wildman–Crippen MR) is 103 cm³/mol. The van der Waals surface area contributed by atoms with Crippen LogP contribution >= 0.6 is 0 Å². The SMILES string of the molecule is c1ccc(Nc2ncc(CCc3cccnc3)c3ccccc23)cc1. The predicted octanol–water partition coefficient (Wildman–Crippen LogP) is 5.16. The van der Waals surface area contributed by atoms with E-state index in [2.05, 4.69) is 45.6 Å². The second kappa shape index (κ2) is 7.14. The van der Waals surface area contributed by atoms with Gasteiger partial charge in [-0.15, -0.1) is 0 Å². The van der Waals surface area contributed by atoms with E-state index in [1.807, 2.05) is 55.0 Å². The van der Waals surface area contributed by atoms with Crippen molar-refractivity contribution in [2.24, 2.45) is 0 Å². The van der Waals surface area contributed by atoms with Gasteiger partial charge in [-0.05, 0) is 47.6 Å². The number of hydrogen-bond acceptors (Lipinski definition) is 3. The lowest BCUT2D eigenvalue weighted by atomic mass is 10.0. The maximum Gasteiger partial charge on any atom is 0.138 e. The molecular formula is C22H19N3. The van der Waals surface area contributed by atoms with Crippen molar-refractivity contribution in [1.29, 1.82) is 0 Å². The molecule has 0 bridgehead atoms. The smallest absolute Gasteiger partial charge is 0.138 e. The number of nitrogens with one attached hydrogen (secondary N) is 1. The number of benzene rings is 2. The van der Waals surface area contributed by atoms with Crippen molar-refractivity contribution in [2.45, 2.75) is 12.8 Å². The van der Waals surface area contributed by atoms with Crippen molar-refractivity contribution in [3.8, 4) is 0 Å². The Balaban J connectivity index is 1.64. The number of aromatic nitrogens is 2. The van der Waals surface area contributed by atoms with E-state index < -0.39 is 0 Å². The molecule has 2 heterocycles. The molecule has 0 saturated carbocycles. The highest BCUT2D eigenvalue weighted by molar-refractivity contribution is 5.95. The van der Waals surface area contributed by atoms with Crippen LogP contribution < -0.4 is 5.32 Å². The Hall–Kier alpha value is -3.20. The van der Waals surface area contributed by atoms with Gasteiger partial charge in [0.1, 0.15) is 5.82 Å². The zero-order chi connectivity index (χ0) is 16.9. The third-order valence-electron chi connectivity index (χ3n) is 4.32. The molecule has 0 saturated heterocycles. The van der Waals surface area contributed by atoms with E-state index >= 15 is 0 Å². The summed E-state index contributed by atoms with van der Waals surface area (Å²) >= 11 is 0. The summed E-state index contributed by atoms with van der Waals surface area (Å²) in [4.78, 5) is 8.88. The fraction of sp³-hybridized carbons (Fsp3) is 0.0909. The summed E-state index contributed by atoms with van der Waals surface area (Å²) in [6.07, 6.45) is 7.64. The monoisotopic (exact) mass is 325 g/mol. The van der Waals surface area contributed by atoms with E-state index in [0.717, 1.165) is 29.7 Å². The number of pyridine rings is 2. The van der Waals surface area contributed by atoms with Gasteiger partial charge in [0, 0.05) is 29.7 Å². The minimum Gasteiger partial charge on any atom is -0.340 e. The molecule has 0 fully saturated rings. The second-order valence-electron chi connectivity index (χ2n) is 6.03. The largest absolute Gasteiger partial charge is 0.340 e. The molecule has 3 nitrogen and oxygen atoms in total. The third-order valence-corrected chi connectivity index (χ3v) is 4.32. The first-order valence-corrected chi connectivity index (χ1v) is 8.48. The summed E-state index contributed by atoms with van der Waals surface area (Å²) in [7, 11) is 0. The Labute approximate surface area is 147 Å². The van der Waals surface area contributed by atoms with E-state index in [-0.39, 0.29) is 0 Å². The van der Waals surface area contributed by atoms with Crippen molar-refractivity contribution < 1.29 is 0 Å². The quantitative estimate of drug-likeness (QED) is 0.551. The molecule has 0 aliphatic rings. The van der Waals surface area contributed by atoms with Crippen molar-refractivity contribution in [3.63, 3.8) is 0 Å². The molecule has 2 aromatic heterocycles. The summed E-state index contributed by atoms with van der Waals surface area (Å²) in [5, 5.41) is 5.82. The highest BCUT2D eigenvalue weighted by atomic mass is 15.0. The number of hydrogen-bond donors (Lipinski definition) is 1. The van der Waals surface area contributed by atoms with Gasteiger partial charge in [0.25, 0.3) is 0 Å². The van der Waals surface area contributed by atoms with Crippen LogP contribution in [0.15, 0.2) is 85.3 Å². The van der Waals surface area contributed by atoms with E-state index in [1.54, 1.807) is 0 Å². The number of rotatable bonds is 5. The van der Waals surface area contributed by atoms with Crippen LogP contribution in [0.2, 0.25) is 0 Å². The summed E-state index contributed by atoms with van der Waals surface area (Å²) in [5.41, 5.74) is 3.55. The highest BCUT2D eigenvalue weighted by Gasteiger charge is 2.08. The molecule has 2 aromatic carbocycles. The van der Waals surface area contributed by atoms with Crippen LogP contribution in [0, 0.1) is 0 Å². The lowest BCUT2D eigenvalue weighted by Crippen LogP contribution is -1.99. The molecule has 0 radical (unpaired) electrons. The third kappa shape index (κ3) is 3.50. The fourth-order valence-electron chi connectivity index (χ4n) is 3.03. The summed E-state index contributed by atoms with van der Waals surface area (Å²) in [6.45, 7) is 0.